The van der Waals surface area contributed by atoms with E-state index in [1.54, 1.807) is 0 Å². The van der Waals surface area contributed by atoms with E-state index in [2.05, 4.69) is 4.98 Å². The first-order valence-electron chi connectivity index (χ1n) is 4.16. The van der Waals surface area contributed by atoms with Gasteiger partial charge in [-0.3, -0.25) is 10.8 Å². The number of nitrogens with zero attached hydrogens (tertiary/aromatic N) is 1. The van der Waals surface area contributed by atoms with Gasteiger partial charge in [0.1, 0.15) is 6.04 Å². The molecule has 0 saturated heterocycles. The number of alkyl halides is 3. The fourth-order valence-corrected chi connectivity index (χ4v) is 1.24. The first-order valence-corrected chi connectivity index (χ1v) is 4.54. The van der Waals surface area contributed by atoms with E-state index in [0.29, 0.717) is 11.3 Å². The molecule has 0 aliphatic rings. The van der Waals surface area contributed by atoms with Crippen molar-refractivity contribution in [3.8, 4) is 0 Å². The van der Waals surface area contributed by atoms with E-state index in [4.69, 9.17) is 23.2 Å². The molecule has 5 N–H and O–H groups in total. The molecule has 15 heavy (non-hydrogen) atoms. The topological polar surface area (TPSA) is 77.0 Å². The SMILES string of the molecule is NNC(Cc1cnccc1N)C(F)(F)Cl. The number of nitrogen functional groups attached to an aromatic ring is 1. The molecular formula is C8H11ClF2N4. The van der Waals surface area contributed by atoms with Crippen molar-refractivity contribution in [2.24, 2.45) is 5.84 Å². The second kappa shape index (κ2) is 4.69. The van der Waals surface area contributed by atoms with Crippen molar-refractivity contribution >= 4 is 17.3 Å². The fourth-order valence-electron chi connectivity index (χ4n) is 1.10. The van der Waals surface area contributed by atoms with Crippen molar-refractivity contribution in [2.75, 3.05) is 5.73 Å². The van der Waals surface area contributed by atoms with Gasteiger partial charge in [-0.05, 0) is 29.7 Å². The zero-order valence-corrected chi connectivity index (χ0v) is 8.51. The highest BCUT2D eigenvalue weighted by Crippen LogP contribution is 2.26. The zero-order valence-electron chi connectivity index (χ0n) is 7.75. The van der Waals surface area contributed by atoms with Gasteiger partial charge in [0.2, 0.25) is 0 Å². The van der Waals surface area contributed by atoms with E-state index < -0.39 is 11.4 Å². The normalized spacial score (nSPS) is 13.9. The van der Waals surface area contributed by atoms with Gasteiger partial charge in [-0.25, -0.2) is 5.43 Å². The van der Waals surface area contributed by atoms with Gasteiger partial charge in [0.05, 0.1) is 0 Å². The number of hydrogen-bond donors (Lipinski definition) is 3. The minimum absolute atomic E-state index is 0.0906. The number of nitrogens with one attached hydrogen (secondary N) is 1. The lowest BCUT2D eigenvalue weighted by Gasteiger charge is -2.20. The van der Waals surface area contributed by atoms with Crippen LogP contribution in [0.3, 0.4) is 0 Å². The molecule has 1 aromatic heterocycles. The number of halogens is 3. The van der Waals surface area contributed by atoms with E-state index in [-0.39, 0.29) is 6.42 Å². The molecule has 0 aromatic carbocycles. The number of aromatic nitrogens is 1. The van der Waals surface area contributed by atoms with Crippen LogP contribution < -0.4 is 17.0 Å². The van der Waals surface area contributed by atoms with Gasteiger partial charge < -0.3 is 5.73 Å². The maximum Gasteiger partial charge on any atom is 0.338 e. The molecular weight excluding hydrogens is 226 g/mol. The zero-order chi connectivity index (χ0) is 11.5. The molecule has 0 saturated carbocycles. The standard InChI is InChI=1S/C8H11ClF2N4/c9-8(10,11)7(15-13)3-5-4-14-2-1-6(5)12/h1-2,4,7,15H,3,13H2,(H2,12,14). The van der Waals surface area contributed by atoms with Gasteiger partial charge in [0, 0.05) is 18.1 Å². The molecule has 0 amide bonds. The minimum Gasteiger partial charge on any atom is -0.398 e. The third-order valence-electron chi connectivity index (χ3n) is 1.96. The van der Waals surface area contributed by atoms with Crippen molar-refractivity contribution in [1.82, 2.24) is 10.4 Å². The molecule has 84 valence electrons. The quantitative estimate of drug-likeness (QED) is 0.412. The van der Waals surface area contributed by atoms with Crippen LogP contribution in [0.25, 0.3) is 0 Å². The van der Waals surface area contributed by atoms with Gasteiger partial charge in [-0.2, -0.15) is 8.78 Å². The van der Waals surface area contributed by atoms with E-state index in [1.165, 1.54) is 18.5 Å². The highest BCUT2D eigenvalue weighted by atomic mass is 35.5. The third kappa shape index (κ3) is 3.26. The fraction of sp³-hybridized carbons (Fsp3) is 0.375. The number of hydrogen-bond acceptors (Lipinski definition) is 4. The van der Waals surface area contributed by atoms with Crippen LogP contribution in [0.4, 0.5) is 14.5 Å². The molecule has 1 aromatic rings. The Bertz CT molecular complexity index is 329. The molecule has 0 fully saturated rings. The average Bonchev–Trinajstić information content (AvgIpc) is 2.14. The summed E-state index contributed by atoms with van der Waals surface area (Å²) in [4.78, 5) is 3.78. The van der Waals surface area contributed by atoms with Crippen molar-refractivity contribution in [2.45, 2.75) is 17.8 Å². The summed E-state index contributed by atoms with van der Waals surface area (Å²) in [7, 11) is 0. The molecule has 0 radical (unpaired) electrons. The van der Waals surface area contributed by atoms with Crippen molar-refractivity contribution in [1.29, 1.82) is 0 Å². The van der Waals surface area contributed by atoms with Crippen molar-refractivity contribution in [3.05, 3.63) is 24.0 Å². The molecule has 1 heterocycles. The first-order chi connectivity index (χ1) is 6.95. The molecule has 1 unspecified atom stereocenters. The number of anilines is 1. The number of hydrazine groups is 1. The lowest BCUT2D eigenvalue weighted by Crippen LogP contribution is -2.47. The van der Waals surface area contributed by atoms with E-state index >= 15 is 0 Å². The maximum absolute atomic E-state index is 12.8. The van der Waals surface area contributed by atoms with Crippen LogP contribution in [0.15, 0.2) is 18.5 Å². The molecule has 1 rings (SSSR count). The van der Waals surface area contributed by atoms with E-state index in [9.17, 15) is 8.78 Å². The van der Waals surface area contributed by atoms with Crippen molar-refractivity contribution < 1.29 is 8.78 Å². The van der Waals surface area contributed by atoms with Crippen LogP contribution in [0.1, 0.15) is 5.56 Å². The highest BCUT2D eigenvalue weighted by molar-refractivity contribution is 6.22. The summed E-state index contributed by atoms with van der Waals surface area (Å²) in [5.41, 5.74) is 8.38. The predicted octanol–water partition coefficient (Wildman–Crippen LogP) is 0.870. The Balaban J connectivity index is 2.80. The van der Waals surface area contributed by atoms with Crippen LogP contribution in [0, 0.1) is 0 Å². The van der Waals surface area contributed by atoms with Crippen LogP contribution in [-0.4, -0.2) is 16.4 Å². The largest absolute Gasteiger partial charge is 0.398 e. The Labute approximate surface area is 90.6 Å². The molecule has 0 aliphatic carbocycles. The second-order valence-electron chi connectivity index (χ2n) is 3.04. The third-order valence-corrected chi connectivity index (χ3v) is 2.23. The summed E-state index contributed by atoms with van der Waals surface area (Å²) < 4.78 is 25.5. The molecule has 4 nitrogen and oxygen atoms in total. The maximum atomic E-state index is 12.8. The summed E-state index contributed by atoms with van der Waals surface area (Å²) in [6.07, 6.45) is 2.79. The molecule has 0 bridgehead atoms. The highest BCUT2D eigenvalue weighted by Gasteiger charge is 2.36. The van der Waals surface area contributed by atoms with Gasteiger partial charge in [-0.1, -0.05) is 0 Å². The predicted molar refractivity (Wildman–Crippen MR) is 54.3 cm³/mol. The minimum atomic E-state index is -3.43. The molecule has 0 aliphatic heterocycles. The Kier molecular flexibility index (Phi) is 3.78. The Morgan fingerprint density at radius 3 is 2.73 bits per heavy atom. The summed E-state index contributed by atoms with van der Waals surface area (Å²) >= 11 is 4.86. The number of nitrogens with two attached hydrogens (primary N) is 2. The van der Waals surface area contributed by atoms with Crippen LogP contribution in [0.5, 0.6) is 0 Å². The lowest BCUT2D eigenvalue weighted by molar-refractivity contribution is 0.0503. The summed E-state index contributed by atoms with van der Waals surface area (Å²) in [6.45, 7) is 0. The van der Waals surface area contributed by atoms with Crippen molar-refractivity contribution in [3.63, 3.8) is 0 Å². The summed E-state index contributed by atoms with van der Waals surface area (Å²) in [5, 5.41) is -3.43. The van der Waals surface area contributed by atoms with E-state index in [1.807, 2.05) is 5.43 Å². The first kappa shape index (κ1) is 12.1. The van der Waals surface area contributed by atoms with Crippen LogP contribution in [0.2, 0.25) is 0 Å². The molecule has 1 atom stereocenters. The second-order valence-corrected chi connectivity index (χ2v) is 3.54. The van der Waals surface area contributed by atoms with Gasteiger partial charge in [0.15, 0.2) is 0 Å². The monoisotopic (exact) mass is 236 g/mol. The Morgan fingerprint density at radius 2 is 2.27 bits per heavy atom. The number of rotatable bonds is 4. The molecule has 0 spiro atoms. The average molecular weight is 237 g/mol. The Hall–Kier alpha value is -0.980. The van der Waals surface area contributed by atoms with Gasteiger partial charge in [-0.15, -0.1) is 0 Å². The smallest absolute Gasteiger partial charge is 0.338 e. The Morgan fingerprint density at radius 1 is 1.60 bits per heavy atom. The van der Waals surface area contributed by atoms with Gasteiger partial charge >= 0.3 is 5.38 Å². The van der Waals surface area contributed by atoms with Crippen LogP contribution >= 0.6 is 11.6 Å². The summed E-state index contributed by atoms with van der Waals surface area (Å²) in [5.74, 6) is 4.98. The van der Waals surface area contributed by atoms with E-state index in [0.717, 1.165) is 0 Å². The van der Waals surface area contributed by atoms with Gasteiger partial charge in [0.25, 0.3) is 0 Å². The van der Waals surface area contributed by atoms with Crippen LogP contribution in [-0.2, 0) is 6.42 Å². The summed E-state index contributed by atoms with van der Waals surface area (Å²) in [6, 6.07) is 0.139. The number of pyridine rings is 1. The lowest BCUT2D eigenvalue weighted by atomic mass is 10.1. The molecule has 7 heteroatoms.